The van der Waals surface area contributed by atoms with Crippen molar-refractivity contribution in [3.63, 3.8) is 0 Å². The molecule has 0 N–H and O–H groups in total. The summed E-state index contributed by atoms with van der Waals surface area (Å²) in [5, 5.41) is 0. The number of benzene rings is 2. The number of ether oxygens (including phenoxy) is 1. The highest BCUT2D eigenvalue weighted by Gasteiger charge is 2.29. The summed E-state index contributed by atoms with van der Waals surface area (Å²) >= 11 is 3.42. The Balaban J connectivity index is 1.90. The fourth-order valence-corrected chi connectivity index (χ4v) is 3.20. The molecule has 0 aliphatic heterocycles. The zero-order valence-corrected chi connectivity index (χ0v) is 12.8. The van der Waals surface area contributed by atoms with Gasteiger partial charge in [-0.15, -0.1) is 0 Å². The summed E-state index contributed by atoms with van der Waals surface area (Å²) in [6.07, 6.45) is 1.65. The first-order chi connectivity index (χ1) is 9.69. The highest BCUT2D eigenvalue weighted by atomic mass is 79.9. The fraction of sp³-hybridized carbons (Fsp3) is 0.235. The Bertz CT molecular complexity index is 639. The second-order valence-corrected chi connectivity index (χ2v) is 6.00. The lowest BCUT2D eigenvalue weighted by molar-refractivity contribution is 0.0921. The van der Waals surface area contributed by atoms with E-state index in [4.69, 9.17) is 4.74 Å². The zero-order valence-electron chi connectivity index (χ0n) is 11.2. The molecule has 20 heavy (non-hydrogen) atoms. The summed E-state index contributed by atoms with van der Waals surface area (Å²) in [6.45, 7) is 0. The van der Waals surface area contributed by atoms with E-state index >= 15 is 0 Å². The van der Waals surface area contributed by atoms with Crippen LogP contribution < -0.4 is 4.74 Å². The monoisotopic (exact) mass is 330 g/mol. The minimum Gasteiger partial charge on any atom is -0.496 e. The van der Waals surface area contributed by atoms with Crippen molar-refractivity contribution < 1.29 is 9.53 Å². The molecule has 0 heterocycles. The molecular formula is C17H15BrO2. The van der Waals surface area contributed by atoms with Crippen molar-refractivity contribution in [3.8, 4) is 5.75 Å². The standard InChI is InChI=1S/C17H15BrO2/c1-20-16-7-6-14(18)10-15(16)17(19)13-8-11-4-2-3-5-12(11)9-13/h2-7,10,13H,8-9H2,1H3. The average molecular weight is 331 g/mol. The molecule has 0 unspecified atom stereocenters. The van der Waals surface area contributed by atoms with Crippen LogP contribution in [0.25, 0.3) is 0 Å². The van der Waals surface area contributed by atoms with Crippen molar-refractivity contribution >= 4 is 21.7 Å². The van der Waals surface area contributed by atoms with Gasteiger partial charge in [-0.1, -0.05) is 40.2 Å². The van der Waals surface area contributed by atoms with Crippen molar-refractivity contribution in [2.45, 2.75) is 12.8 Å². The molecule has 2 nitrogen and oxygen atoms in total. The molecule has 0 saturated heterocycles. The van der Waals surface area contributed by atoms with Crippen LogP contribution in [0.1, 0.15) is 21.5 Å². The van der Waals surface area contributed by atoms with E-state index in [1.807, 2.05) is 30.3 Å². The van der Waals surface area contributed by atoms with Crippen LogP contribution in [0.2, 0.25) is 0 Å². The van der Waals surface area contributed by atoms with Crippen LogP contribution in [0.5, 0.6) is 5.75 Å². The van der Waals surface area contributed by atoms with Gasteiger partial charge in [0.2, 0.25) is 0 Å². The topological polar surface area (TPSA) is 26.3 Å². The van der Waals surface area contributed by atoms with Crippen molar-refractivity contribution in [1.29, 1.82) is 0 Å². The molecule has 0 atom stereocenters. The van der Waals surface area contributed by atoms with Crippen LogP contribution in [-0.2, 0) is 12.8 Å². The lowest BCUT2D eigenvalue weighted by Crippen LogP contribution is -2.16. The molecule has 1 aliphatic carbocycles. The summed E-state index contributed by atoms with van der Waals surface area (Å²) < 4.78 is 6.22. The Morgan fingerprint density at radius 1 is 1.15 bits per heavy atom. The SMILES string of the molecule is COc1ccc(Br)cc1C(=O)C1Cc2ccccc2C1. The Morgan fingerprint density at radius 3 is 2.40 bits per heavy atom. The summed E-state index contributed by atoms with van der Waals surface area (Å²) in [6, 6.07) is 13.9. The molecule has 0 bridgehead atoms. The highest BCUT2D eigenvalue weighted by Crippen LogP contribution is 2.32. The minimum atomic E-state index is 0.0237. The number of Topliss-reactive ketones (excluding diaryl/α,β-unsaturated/α-hetero) is 1. The Labute approximate surface area is 126 Å². The van der Waals surface area contributed by atoms with Gasteiger partial charge in [-0.3, -0.25) is 4.79 Å². The molecule has 1 aliphatic rings. The van der Waals surface area contributed by atoms with E-state index in [2.05, 4.69) is 28.1 Å². The number of fused-ring (bicyclic) bond motifs is 1. The van der Waals surface area contributed by atoms with Crippen molar-refractivity contribution in [3.05, 3.63) is 63.6 Å². The van der Waals surface area contributed by atoms with Crippen molar-refractivity contribution in [1.82, 2.24) is 0 Å². The van der Waals surface area contributed by atoms with Gasteiger partial charge in [0.15, 0.2) is 5.78 Å². The van der Waals surface area contributed by atoms with E-state index in [0.29, 0.717) is 11.3 Å². The van der Waals surface area contributed by atoms with Crippen LogP contribution in [-0.4, -0.2) is 12.9 Å². The lowest BCUT2D eigenvalue weighted by atomic mass is 9.94. The molecule has 0 amide bonds. The summed E-state index contributed by atoms with van der Waals surface area (Å²) in [5.74, 6) is 0.837. The number of methoxy groups -OCH3 is 1. The molecular weight excluding hydrogens is 316 g/mol. The quantitative estimate of drug-likeness (QED) is 0.793. The highest BCUT2D eigenvalue weighted by molar-refractivity contribution is 9.10. The predicted molar refractivity (Wildman–Crippen MR) is 82.4 cm³/mol. The molecule has 102 valence electrons. The van der Waals surface area contributed by atoms with Gasteiger partial charge < -0.3 is 4.74 Å². The van der Waals surface area contributed by atoms with Crippen LogP contribution >= 0.6 is 15.9 Å². The number of ketones is 1. The third kappa shape index (κ3) is 2.38. The van der Waals surface area contributed by atoms with E-state index in [-0.39, 0.29) is 11.7 Å². The van der Waals surface area contributed by atoms with Crippen LogP contribution in [0.4, 0.5) is 0 Å². The van der Waals surface area contributed by atoms with Gasteiger partial charge in [0.1, 0.15) is 5.75 Å². The molecule has 3 rings (SSSR count). The number of hydrogen-bond acceptors (Lipinski definition) is 2. The maximum Gasteiger partial charge on any atom is 0.170 e. The molecule has 3 heteroatoms. The zero-order chi connectivity index (χ0) is 14.1. The average Bonchev–Trinajstić information content (AvgIpc) is 2.90. The van der Waals surface area contributed by atoms with E-state index in [1.54, 1.807) is 7.11 Å². The van der Waals surface area contributed by atoms with Gasteiger partial charge >= 0.3 is 0 Å². The number of hydrogen-bond donors (Lipinski definition) is 0. The largest absolute Gasteiger partial charge is 0.496 e. The van der Waals surface area contributed by atoms with E-state index in [1.165, 1.54) is 11.1 Å². The van der Waals surface area contributed by atoms with Gasteiger partial charge in [-0.05, 0) is 42.2 Å². The van der Waals surface area contributed by atoms with Gasteiger partial charge in [0, 0.05) is 10.4 Å². The molecule has 2 aromatic rings. The predicted octanol–water partition coefficient (Wildman–Crippen LogP) is 4.06. The van der Waals surface area contributed by atoms with Crippen molar-refractivity contribution in [2.24, 2.45) is 5.92 Å². The van der Waals surface area contributed by atoms with E-state index in [0.717, 1.165) is 17.3 Å². The fourth-order valence-electron chi connectivity index (χ4n) is 2.84. The molecule has 0 aromatic heterocycles. The maximum atomic E-state index is 12.7. The summed E-state index contributed by atoms with van der Waals surface area (Å²) in [4.78, 5) is 12.7. The minimum absolute atomic E-state index is 0.0237. The Morgan fingerprint density at radius 2 is 1.80 bits per heavy atom. The number of carbonyl (C=O) groups excluding carboxylic acids is 1. The van der Waals surface area contributed by atoms with Crippen LogP contribution in [0.15, 0.2) is 46.9 Å². The first-order valence-electron chi connectivity index (χ1n) is 6.63. The molecule has 0 radical (unpaired) electrons. The number of rotatable bonds is 3. The first-order valence-corrected chi connectivity index (χ1v) is 7.43. The third-order valence-electron chi connectivity index (χ3n) is 3.85. The number of halogens is 1. The molecule has 0 spiro atoms. The normalized spacial score (nSPS) is 14.1. The van der Waals surface area contributed by atoms with Crippen LogP contribution in [0, 0.1) is 5.92 Å². The van der Waals surface area contributed by atoms with Crippen molar-refractivity contribution in [2.75, 3.05) is 7.11 Å². The molecule has 0 fully saturated rings. The second-order valence-electron chi connectivity index (χ2n) is 5.08. The summed E-state index contributed by atoms with van der Waals surface area (Å²) in [7, 11) is 1.60. The maximum absolute atomic E-state index is 12.7. The molecule has 0 saturated carbocycles. The third-order valence-corrected chi connectivity index (χ3v) is 4.34. The number of carbonyl (C=O) groups is 1. The van der Waals surface area contributed by atoms with E-state index < -0.39 is 0 Å². The Kier molecular flexibility index (Phi) is 3.62. The van der Waals surface area contributed by atoms with Gasteiger partial charge in [-0.2, -0.15) is 0 Å². The smallest absolute Gasteiger partial charge is 0.170 e. The van der Waals surface area contributed by atoms with Gasteiger partial charge in [-0.25, -0.2) is 0 Å². The lowest BCUT2D eigenvalue weighted by Gasteiger charge is -2.12. The molecule has 2 aromatic carbocycles. The Hall–Kier alpha value is -1.61. The summed E-state index contributed by atoms with van der Waals surface area (Å²) in [5.41, 5.74) is 3.25. The van der Waals surface area contributed by atoms with Gasteiger partial charge in [0.25, 0.3) is 0 Å². The first kappa shape index (κ1) is 13.4. The van der Waals surface area contributed by atoms with Crippen LogP contribution in [0.3, 0.4) is 0 Å². The van der Waals surface area contributed by atoms with Gasteiger partial charge in [0.05, 0.1) is 12.7 Å². The second kappa shape index (κ2) is 5.41. The van der Waals surface area contributed by atoms with E-state index in [9.17, 15) is 4.79 Å².